The van der Waals surface area contributed by atoms with Gasteiger partial charge in [0.25, 0.3) is 0 Å². The standard InChI is InChI=1S/C14H20BrNOS/c1-14(6-3-9-18-14)11-16-7-8-17-13-5-2-4-12(15)10-13/h2,4-5,10,16H,3,6-9,11H2,1H3. The van der Waals surface area contributed by atoms with Gasteiger partial charge in [0.15, 0.2) is 0 Å². The van der Waals surface area contributed by atoms with Crippen LogP contribution in [0.1, 0.15) is 19.8 Å². The summed E-state index contributed by atoms with van der Waals surface area (Å²) in [4.78, 5) is 0. The SMILES string of the molecule is CC1(CNCCOc2cccc(Br)c2)CCCS1. The Morgan fingerprint density at radius 1 is 1.50 bits per heavy atom. The van der Waals surface area contributed by atoms with E-state index in [0.717, 1.165) is 29.9 Å². The lowest BCUT2D eigenvalue weighted by Gasteiger charge is -2.22. The van der Waals surface area contributed by atoms with E-state index in [1.54, 1.807) is 0 Å². The van der Waals surface area contributed by atoms with E-state index in [4.69, 9.17) is 4.74 Å². The van der Waals surface area contributed by atoms with Gasteiger partial charge >= 0.3 is 0 Å². The number of hydrogen-bond donors (Lipinski definition) is 1. The Labute approximate surface area is 122 Å². The van der Waals surface area contributed by atoms with Crippen molar-refractivity contribution < 1.29 is 4.74 Å². The van der Waals surface area contributed by atoms with Gasteiger partial charge in [0.1, 0.15) is 12.4 Å². The molecule has 0 spiro atoms. The highest BCUT2D eigenvalue weighted by Crippen LogP contribution is 2.36. The number of thioether (sulfide) groups is 1. The largest absolute Gasteiger partial charge is 0.492 e. The summed E-state index contributed by atoms with van der Waals surface area (Å²) >= 11 is 5.53. The molecule has 100 valence electrons. The predicted octanol–water partition coefficient (Wildman–Crippen LogP) is 3.70. The molecule has 1 unspecified atom stereocenters. The molecule has 1 fully saturated rings. The number of nitrogens with one attached hydrogen (secondary N) is 1. The fourth-order valence-corrected chi connectivity index (χ4v) is 3.78. The monoisotopic (exact) mass is 329 g/mol. The van der Waals surface area contributed by atoms with Crippen LogP contribution in [0.2, 0.25) is 0 Å². The summed E-state index contributed by atoms with van der Waals surface area (Å²) in [5, 5.41) is 3.50. The van der Waals surface area contributed by atoms with Crippen LogP contribution in [0.25, 0.3) is 0 Å². The topological polar surface area (TPSA) is 21.3 Å². The first-order valence-corrected chi connectivity index (χ1v) is 8.19. The second kappa shape index (κ2) is 6.83. The first-order valence-electron chi connectivity index (χ1n) is 6.41. The third-order valence-electron chi connectivity index (χ3n) is 3.14. The molecule has 1 aromatic rings. The molecular formula is C14H20BrNOS. The van der Waals surface area contributed by atoms with Crippen molar-refractivity contribution in [1.29, 1.82) is 0 Å². The number of halogens is 1. The Hall–Kier alpha value is -0.190. The van der Waals surface area contributed by atoms with Gasteiger partial charge in [-0.1, -0.05) is 22.0 Å². The van der Waals surface area contributed by atoms with Gasteiger partial charge in [-0.2, -0.15) is 11.8 Å². The van der Waals surface area contributed by atoms with Crippen molar-refractivity contribution in [3.8, 4) is 5.75 Å². The fourth-order valence-electron chi connectivity index (χ4n) is 2.13. The summed E-state index contributed by atoms with van der Waals surface area (Å²) in [7, 11) is 0. The Balaban J connectivity index is 1.61. The first kappa shape index (κ1) is 14.2. The quantitative estimate of drug-likeness (QED) is 0.804. The zero-order chi connectivity index (χ0) is 12.8. The summed E-state index contributed by atoms with van der Waals surface area (Å²) in [5.74, 6) is 2.24. The molecular weight excluding hydrogens is 310 g/mol. The molecule has 1 N–H and O–H groups in total. The molecule has 2 nitrogen and oxygen atoms in total. The minimum Gasteiger partial charge on any atom is -0.492 e. The van der Waals surface area contributed by atoms with Crippen molar-refractivity contribution in [2.45, 2.75) is 24.5 Å². The molecule has 0 aromatic heterocycles. The van der Waals surface area contributed by atoms with E-state index in [-0.39, 0.29) is 0 Å². The Kier molecular flexibility index (Phi) is 5.39. The Morgan fingerprint density at radius 2 is 2.39 bits per heavy atom. The number of ether oxygens (including phenoxy) is 1. The third-order valence-corrected chi connectivity index (χ3v) is 5.17. The van der Waals surface area contributed by atoms with Gasteiger partial charge in [-0.25, -0.2) is 0 Å². The van der Waals surface area contributed by atoms with E-state index in [9.17, 15) is 0 Å². The lowest BCUT2D eigenvalue weighted by atomic mass is 10.1. The smallest absolute Gasteiger partial charge is 0.120 e. The molecule has 18 heavy (non-hydrogen) atoms. The summed E-state index contributed by atoms with van der Waals surface area (Å²) in [6.07, 6.45) is 2.69. The molecule has 1 aliphatic rings. The fraction of sp³-hybridized carbons (Fsp3) is 0.571. The molecule has 1 heterocycles. The minimum absolute atomic E-state index is 0.440. The molecule has 0 saturated carbocycles. The summed E-state index contributed by atoms with van der Waals surface area (Å²) in [5.41, 5.74) is 0. The van der Waals surface area contributed by atoms with Crippen molar-refractivity contribution in [3.63, 3.8) is 0 Å². The highest BCUT2D eigenvalue weighted by atomic mass is 79.9. The summed E-state index contributed by atoms with van der Waals surface area (Å²) in [6.45, 7) is 5.06. The second-order valence-electron chi connectivity index (χ2n) is 4.88. The predicted molar refractivity (Wildman–Crippen MR) is 82.6 cm³/mol. The zero-order valence-electron chi connectivity index (χ0n) is 10.7. The van der Waals surface area contributed by atoms with Crippen LogP contribution in [0.5, 0.6) is 5.75 Å². The van der Waals surface area contributed by atoms with Gasteiger partial charge in [0, 0.05) is 22.3 Å². The summed E-state index contributed by atoms with van der Waals surface area (Å²) in [6, 6.07) is 7.97. The van der Waals surface area contributed by atoms with Crippen LogP contribution in [0.3, 0.4) is 0 Å². The van der Waals surface area contributed by atoms with Crippen LogP contribution in [0, 0.1) is 0 Å². The van der Waals surface area contributed by atoms with Gasteiger partial charge in [0.2, 0.25) is 0 Å². The average molecular weight is 330 g/mol. The molecule has 1 atom stereocenters. The molecule has 0 bridgehead atoms. The number of rotatable bonds is 6. The van der Waals surface area contributed by atoms with Gasteiger partial charge < -0.3 is 10.1 Å². The van der Waals surface area contributed by atoms with Gasteiger partial charge in [-0.3, -0.25) is 0 Å². The lowest BCUT2D eigenvalue weighted by molar-refractivity contribution is 0.311. The van der Waals surface area contributed by atoms with Crippen LogP contribution in [0.15, 0.2) is 28.7 Å². The molecule has 1 aromatic carbocycles. The highest BCUT2D eigenvalue weighted by molar-refractivity contribution is 9.10. The van der Waals surface area contributed by atoms with E-state index < -0.39 is 0 Å². The third kappa shape index (κ3) is 4.48. The van der Waals surface area contributed by atoms with Gasteiger partial charge in [-0.05, 0) is 43.7 Å². The zero-order valence-corrected chi connectivity index (χ0v) is 13.1. The number of hydrogen-bond acceptors (Lipinski definition) is 3. The van der Waals surface area contributed by atoms with Crippen molar-refractivity contribution >= 4 is 27.7 Å². The molecule has 1 saturated heterocycles. The molecule has 0 amide bonds. The molecule has 1 aliphatic heterocycles. The van der Waals surface area contributed by atoms with Gasteiger partial charge in [-0.15, -0.1) is 0 Å². The number of benzene rings is 1. The Bertz CT molecular complexity index is 380. The van der Waals surface area contributed by atoms with Crippen molar-refractivity contribution in [3.05, 3.63) is 28.7 Å². The van der Waals surface area contributed by atoms with Crippen LogP contribution in [-0.4, -0.2) is 30.2 Å². The van der Waals surface area contributed by atoms with Crippen LogP contribution >= 0.6 is 27.7 Å². The van der Waals surface area contributed by atoms with Crippen molar-refractivity contribution in [2.75, 3.05) is 25.4 Å². The van der Waals surface area contributed by atoms with E-state index in [0.29, 0.717) is 4.75 Å². The van der Waals surface area contributed by atoms with E-state index >= 15 is 0 Å². The lowest BCUT2D eigenvalue weighted by Crippen LogP contribution is -2.35. The van der Waals surface area contributed by atoms with Gasteiger partial charge in [0.05, 0.1) is 0 Å². The maximum atomic E-state index is 5.69. The summed E-state index contributed by atoms with van der Waals surface area (Å²) < 4.78 is 7.18. The normalized spacial score (nSPS) is 23.2. The van der Waals surface area contributed by atoms with Crippen LogP contribution in [0.4, 0.5) is 0 Å². The van der Waals surface area contributed by atoms with E-state index in [1.165, 1.54) is 18.6 Å². The highest BCUT2D eigenvalue weighted by Gasteiger charge is 2.28. The van der Waals surface area contributed by atoms with E-state index in [2.05, 4.69) is 39.9 Å². The second-order valence-corrected chi connectivity index (χ2v) is 7.48. The van der Waals surface area contributed by atoms with Crippen molar-refractivity contribution in [1.82, 2.24) is 5.32 Å². The molecule has 4 heteroatoms. The van der Waals surface area contributed by atoms with Crippen LogP contribution < -0.4 is 10.1 Å². The van der Waals surface area contributed by atoms with Crippen molar-refractivity contribution in [2.24, 2.45) is 0 Å². The van der Waals surface area contributed by atoms with E-state index in [1.807, 2.05) is 24.3 Å². The Morgan fingerprint density at radius 3 is 3.11 bits per heavy atom. The maximum Gasteiger partial charge on any atom is 0.120 e. The average Bonchev–Trinajstić information content (AvgIpc) is 2.76. The van der Waals surface area contributed by atoms with Crippen LogP contribution in [-0.2, 0) is 0 Å². The minimum atomic E-state index is 0.440. The first-order chi connectivity index (χ1) is 8.68. The molecule has 2 rings (SSSR count). The maximum absolute atomic E-state index is 5.69. The molecule has 0 radical (unpaired) electrons. The molecule has 0 aliphatic carbocycles.